The molecule has 8 nitrogen and oxygen atoms in total. The van der Waals surface area contributed by atoms with Gasteiger partial charge in [0.2, 0.25) is 0 Å². The van der Waals surface area contributed by atoms with Crippen molar-refractivity contribution >= 4 is 33.6 Å². The first kappa shape index (κ1) is 15.2. The summed E-state index contributed by atoms with van der Waals surface area (Å²) in [6.07, 6.45) is 0. The molecule has 0 bridgehead atoms. The SMILES string of the molecule is NC(=O)c1n[nH]c2ccccc12.NC(=O)c1n[nH]c2ccccc12. The van der Waals surface area contributed by atoms with Gasteiger partial charge in [-0.1, -0.05) is 36.4 Å². The number of carbonyl (C=O) groups is 2. The summed E-state index contributed by atoms with van der Waals surface area (Å²) in [5, 5.41) is 14.6. The van der Waals surface area contributed by atoms with E-state index in [-0.39, 0.29) is 0 Å². The summed E-state index contributed by atoms with van der Waals surface area (Å²) in [6, 6.07) is 14.7. The fourth-order valence-corrected chi connectivity index (χ4v) is 2.30. The Labute approximate surface area is 135 Å². The molecule has 0 fully saturated rings. The molecule has 2 aromatic carbocycles. The predicted octanol–water partition coefficient (Wildman–Crippen LogP) is 1.32. The van der Waals surface area contributed by atoms with Crippen molar-refractivity contribution in [2.45, 2.75) is 0 Å². The monoisotopic (exact) mass is 322 g/mol. The van der Waals surface area contributed by atoms with Crippen LogP contribution in [-0.4, -0.2) is 32.2 Å². The number of fused-ring (bicyclic) bond motifs is 2. The molecule has 4 aromatic rings. The molecule has 6 N–H and O–H groups in total. The van der Waals surface area contributed by atoms with Crippen LogP contribution in [0.15, 0.2) is 48.5 Å². The first-order chi connectivity index (χ1) is 11.6. The number of hydrogen-bond acceptors (Lipinski definition) is 4. The number of amides is 2. The fourth-order valence-electron chi connectivity index (χ4n) is 2.30. The molecule has 0 aliphatic carbocycles. The molecular formula is C16H14N6O2. The van der Waals surface area contributed by atoms with Crippen molar-refractivity contribution in [1.82, 2.24) is 20.4 Å². The summed E-state index contributed by atoms with van der Waals surface area (Å²) >= 11 is 0. The maximum absolute atomic E-state index is 10.8. The molecule has 0 radical (unpaired) electrons. The lowest BCUT2D eigenvalue weighted by Gasteiger charge is -1.88. The number of carbonyl (C=O) groups excluding carboxylic acids is 2. The average molecular weight is 322 g/mol. The third kappa shape index (κ3) is 2.80. The zero-order valence-corrected chi connectivity index (χ0v) is 12.5. The Bertz CT molecular complexity index is 949. The number of nitrogens with two attached hydrogens (primary N) is 2. The van der Waals surface area contributed by atoms with E-state index in [0.717, 1.165) is 21.8 Å². The predicted molar refractivity (Wildman–Crippen MR) is 89.2 cm³/mol. The van der Waals surface area contributed by atoms with Crippen LogP contribution in [0.3, 0.4) is 0 Å². The molecule has 0 saturated carbocycles. The standard InChI is InChI=1S/2C8H7N3O/c2*9-8(12)7-5-3-1-2-4-6(5)10-11-7/h2*1-4H,(H2,9,12)(H,10,11). The molecule has 0 aliphatic rings. The minimum absolute atomic E-state index is 0.297. The van der Waals surface area contributed by atoms with Gasteiger partial charge < -0.3 is 11.5 Å². The van der Waals surface area contributed by atoms with Crippen molar-refractivity contribution < 1.29 is 9.59 Å². The number of primary amides is 2. The molecular weight excluding hydrogens is 308 g/mol. The Kier molecular flexibility index (Phi) is 3.94. The van der Waals surface area contributed by atoms with E-state index in [1.807, 2.05) is 36.4 Å². The topological polar surface area (TPSA) is 144 Å². The van der Waals surface area contributed by atoms with E-state index < -0.39 is 11.8 Å². The van der Waals surface area contributed by atoms with Crippen LogP contribution in [0.2, 0.25) is 0 Å². The van der Waals surface area contributed by atoms with Gasteiger partial charge in [-0.2, -0.15) is 10.2 Å². The van der Waals surface area contributed by atoms with Crippen molar-refractivity contribution in [1.29, 1.82) is 0 Å². The van der Waals surface area contributed by atoms with E-state index in [2.05, 4.69) is 20.4 Å². The van der Waals surface area contributed by atoms with Gasteiger partial charge in [0.1, 0.15) is 0 Å². The summed E-state index contributed by atoms with van der Waals surface area (Å²) in [6.45, 7) is 0. The maximum Gasteiger partial charge on any atom is 0.269 e. The number of rotatable bonds is 2. The summed E-state index contributed by atoms with van der Waals surface area (Å²) in [5.41, 5.74) is 12.4. The Morgan fingerprint density at radius 1 is 0.708 bits per heavy atom. The summed E-state index contributed by atoms with van der Waals surface area (Å²) in [5.74, 6) is -1.01. The Balaban J connectivity index is 0.000000141. The van der Waals surface area contributed by atoms with Crippen LogP contribution < -0.4 is 11.5 Å². The van der Waals surface area contributed by atoms with E-state index in [1.165, 1.54) is 0 Å². The number of para-hydroxylation sites is 2. The highest BCUT2D eigenvalue weighted by atomic mass is 16.1. The molecule has 0 spiro atoms. The van der Waals surface area contributed by atoms with Crippen LogP contribution in [0.4, 0.5) is 0 Å². The number of aromatic amines is 2. The molecule has 4 rings (SSSR count). The van der Waals surface area contributed by atoms with Gasteiger partial charge in [0, 0.05) is 10.8 Å². The van der Waals surface area contributed by atoms with Gasteiger partial charge in [0.05, 0.1) is 11.0 Å². The van der Waals surface area contributed by atoms with Gasteiger partial charge in [-0.15, -0.1) is 0 Å². The minimum atomic E-state index is -0.507. The molecule has 24 heavy (non-hydrogen) atoms. The zero-order valence-electron chi connectivity index (χ0n) is 12.5. The number of nitrogens with one attached hydrogen (secondary N) is 2. The number of benzene rings is 2. The molecule has 0 aliphatic heterocycles. The Morgan fingerprint density at radius 3 is 1.46 bits per heavy atom. The Morgan fingerprint density at radius 2 is 1.08 bits per heavy atom. The van der Waals surface area contributed by atoms with Crippen molar-refractivity contribution in [2.24, 2.45) is 11.5 Å². The van der Waals surface area contributed by atoms with Crippen molar-refractivity contribution in [2.75, 3.05) is 0 Å². The first-order valence-electron chi connectivity index (χ1n) is 7.03. The number of hydrogen-bond donors (Lipinski definition) is 4. The van der Waals surface area contributed by atoms with Crippen molar-refractivity contribution in [3.63, 3.8) is 0 Å². The van der Waals surface area contributed by atoms with Gasteiger partial charge >= 0.3 is 0 Å². The Hall–Kier alpha value is -3.68. The smallest absolute Gasteiger partial charge is 0.269 e. The molecule has 8 heteroatoms. The third-order valence-electron chi connectivity index (χ3n) is 3.41. The third-order valence-corrected chi connectivity index (χ3v) is 3.41. The summed E-state index contributed by atoms with van der Waals surface area (Å²) in [7, 11) is 0. The normalized spacial score (nSPS) is 10.3. The second-order valence-electron chi connectivity index (χ2n) is 4.96. The van der Waals surface area contributed by atoms with E-state index in [0.29, 0.717) is 11.4 Å². The fraction of sp³-hybridized carbons (Fsp3) is 0. The van der Waals surface area contributed by atoms with Gasteiger partial charge in [-0.25, -0.2) is 0 Å². The van der Waals surface area contributed by atoms with Gasteiger partial charge in [-0.3, -0.25) is 19.8 Å². The van der Waals surface area contributed by atoms with Crippen molar-refractivity contribution in [3.05, 3.63) is 59.9 Å². The lowest BCUT2D eigenvalue weighted by Crippen LogP contribution is -2.11. The molecule has 0 saturated heterocycles. The van der Waals surface area contributed by atoms with Crippen LogP contribution in [0.5, 0.6) is 0 Å². The summed E-state index contributed by atoms with van der Waals surface area (Å²) in [4.78, 5) is 21.6. The van der Waals surface area contributed by atoms with Crippen LogP contribution in [0, 0.1) is 0 Å². The second-order valence-corrected chi connectivity index (χ2v) is 4.96. The first-order valence-corrected chi connectivity index (χ1v) is 7.03. The molecule has 0 atom stereocenters. The number of nitrogens with zero attached hydrogens (tertiary/aromatic N) is 2. The zero-order chi connectivity index (χ0) is 17.1. The maximum atomic E-state index is 10.8. The van der Waals surface area contributed by atoms with Crippen LogP contribution in [0.25, 0.3) is 21.8 Å². The van der Waals surface area contributed by atoms with E-state index in [4.69, 9.17) is 11.5 Å². The van der Waals surface area contributed by atoms with E-state index in [9.17, 15) is 9.59 Å². The van der Waals surface area contributed by atoms with Crippen molar-refractivity contribution in [3.8, 4) is 0 Å². The minimum Gasteiger partial charge on any atom is -0.364 e. The average Bonchev–Trinajstić information content (AvgIpc) is 3.19. The lowest BCUT2D eigenvalue weighted by molar-refractivity contribution is 0.0988. The quantitative estimate of drug-likeness (QED) is 0.441. The van der Waals surface area contributed by atoms with Crippen LogP contribution >= 0.6 is 0 Å². The molecule has 2 amide bonds. The highest BCUT2D eigenvalue weighted by Gasteiger charge is 2.09. The largest absolute Gasteiger partial charge is 0.364 e. The highest BCUT2D eigenvalue weighted by Crippen LogP contribution is 2.14. The van der Waals surface area contributed by atoms with Gasteiger partial charge in [-0.05, 0) is 12.1 Å². The highest BCUT2D eigenvalue weighted by molar-refractivity contribution is 6.04. The summed E-state index contributed by atoms with van der Waals surface area (Å²) < 4.78 is 0. The molecule has 0 unspecified atom stereocenters. The molecule has 2 heterocycles. The van der Waals surface area contributed by atoms with Gasteiger partial charge in [0.25, 0.3) is 11.8 Å². The molecule has 120 valence electrons. The van der Waals surface area contributed by atoms with E-state index >= 15 is 0 Å². The molecule has 2 aromatic heterocycles. The number of aromatic nitrogens is 4. The van der Waals surface area contributed by atoms with E-state index in [1.54, 1.807) is 12.1 Å². The van der Waals surface area contributed by atoms with Crippen LogP contribution in [0.1, 0.15) is 21.0 Å². The number of H-pyrrole nitrogens is 2. The van der Waals surface area contributed by atoms with Gasteiger partial charge in [0.15, 0.2) is 11.4 Å². The lowest BCUT2D eigenvalue weighted by atomic mass is 10.2. The second kappa shape index (κ2) is 6.21. The van der Waals surface area contributed by atoms with Crippen LogP contribution in [-0.2, 0) is 0 Å².